The van der Waals surface area contributed by atoms with Crippen LogP contribution in [0.15, 0.2) is 30.5 Å². The number of aliphatic carboxylic acids is 1. The monoisotopic (exact) mass is 258 g/mol. The molecule has 1 aromatic heterocycles. The number of nitrogens with zero attached hydrogens (tertiary/aromatic N) is 1. The third kappa shape index (κ3) is 3.44. The van der Waals surface area contributed by atoms with Crippen molar-refractivity contribution in [2.75, 3.05) is 11.9 Å². The summed E-state index contributed by atoms with van der Waals surface area (Å²) in [6, 6.07) is 8.19. The standard InChI is InChI=1S/C15H18N2O2/c1-2-11-5-6-13-12(10-11)14(7-9-17-13)16-8-3-4-15(18)19/h5-7,9-10H,2-4,8H2,1H3,(H,16,17)(H,18,19). The Balaban J connectivity index is 2.15. The Bertz CT molecular complexity index is 581. The number of pyridine rings is 1. The van der Waals surface area contributed by atoms with Gasteiger partial charge in [0.15, 0.2) is 0 Å². The number of carboxylic acid groups (broad SMARTS) is 1. The number of aromatic nitrogens is 1. The Morgan fingerprint density at radius 1 is 1.37 bits per heavy atom. The summed E-state index contributed by atoms with van der Waals surface area (Å²) in [5.41, 5.74) is 3.25. The zero-order chi connectivity index (χ0) is 13.7. The van der Waals surface area contributed by atoms with Crippen LogP contribution in [0.5, 0.6) is 0 Å². The minimum atomic E-state index is -0.755. The number of aryl methyl sites for hydroxylation is 1. The normalized spacial score (nSPS) is 10.6. The fourth-order valence-electron chi connectivity index (χ4n) is 2.03. The molecule has 0 radical (unpaired) electrons. The summed E-state index contributed by atoms with van der Waals surface area (Å²) in [6.07, 6.45) is 3.57. The number of hydrogen-bond donors (Lipinski definition) is 2. The fraction of sp³-hybridized carbons (Fsp3) is 0.333. The second kappa shape index (κ2) is 6.18. The molecule has 0 aliphatic rings. The molecule has 1 aromatic carbocycles. The van der Waals surface area contributed by atoms with Crippen LogP contribution in [-0.2, 0) is 11.2 Å². The minimum absolute atomic E-state index is 0.191. The van der Waals surface area contributed by atoms with Gasteiger partial charge in [0, 0.05) is 30.2 Å². The van der Waals surface area contributed by atoms with E-state index in [2.05, 4.69) is 29.4 Å². The molecule has 0 aliphatic heterocycles. The van der Waals surface area contributed by atoms with Crippen LogP contribution in [-0.4, -0.2) is 22.6 Å². The molecule has 2 aromatic rings. The van der Waals surface area contributed by atoms with E-state index in [-0.39, 0.29) is 6.42 Å². The molecular weight excluding hydrogens is 240 g/mol. The second-order valence-corrected chi connectivity index (χ2v) is 4.49. The van der Waals surface area contributed by atoms with Gasteiger partial charge < -0.3 is 10.4 Å². The highest BCUT2D eigenvalue weighted by Crippen LogP contribution is 2.23. The van der Waals surface area contributed by atoms with Crippen LogP contribution in [0.2, 0.25) is 0 Å². The van der Waals surface area contributed by atoms with Crippen LogP contribution in [0.4, 0.5) is 5.69 Å². The van der Waals surface area contributed by atoms with Crippen molar-refractivity contribution in [1.29, 1.82) is 0 Å². The van der Waals surface area contributed by atoms with E-state index in [1.54, 1.807) is 6.20 Å². The second-order valence-electron chi connectivity index (χ2n) is 4.49. The van der Waals surface area contributed by atoms with Crippen LogP contribution >= 0.6 is 0 Å². The Morgan fingerprint density at radius 3 is 2.95 bits per heavy atom. The topological polar surface area (TPSA) is 62.2 Å². The quantitative estimate of drug-likeness (QED) is 0.782. The van der Waals surface area contributed by atoms with Gasteiger partial charge in [0.25, 0.3) is 0 Å². The van der Waals surface area contributed by atoms with E-state index >= 15 is 0 Å². The Kier molecular flexibility index (Phi) is 4.34. The lowest BCUT2D eigenvalue weighted by molar-refractivity contribution is -0.137. The Hall–Kier alpha value is -2.10. The first kappa shape index (κ1) is 13.3. The molecule has 1 heterocycles. The van der Waals surface area contributed by atoms with E-state index < -0.39 is 5.97 Å². The number of carbonyl (C=O) groups is 1. The maximum Gasteiger partial charge on any atom is 0.303 e. The molecule has 0 saturated heterocycles. The predicted molar refractivity (Wildman–Crippen MR) is 76.5 cm³/mol. The summed E-state index contributed by atoms with van der Waals surface area (Å²) in [6.45, 7) is 2.78. The Morgan fingerprint density at radius 2 is 2.21 bits per heavy atom. The highest BCUT2D eigenvalue weighted by molar-refractivity contribution is 5.91. The number of rotatable bonds is 6. The highest BCUT2D eigenvalue weighted by atomic mass is 16.4. The van der Waals surface area contributed by atoms with Crippen LogP contribution in [0, 0.1) is 0 Å². The molecule has 100 valence electrons. The minimum Gasteiger partial charge on any atom is -0.481 e. The SMILES string of the molecule is CCc1ccc2nccc(NCCCC(=O)O)c2c1. The zero-order valence-electron chi connectivity index (χ0n) is 11.0. The van der Waals surface area contributed by atoms with E-state index in [9.17, 15) is 4.79 Å². The summed E-state index contributed by atoms with van der Waals surface area (Å²) in [5.74, 6) is -0.755. The summed E-state index contributed by atoms with van der Waals surface area (Å²) in [4.78, 5) is 14.8. The summed E-state index contributed by atoms with van der Waals surface area (Å²) >= 11 is 0. The van der Waals surface area contributed by atoms with Crippen molar-refractivity contribution in [3.8, 4) is 0 Å². The van der Waals surface area contributed by atoms with Gasteiger partial charge in [0.2, 0.25) is 0 Å². The van der Waals surface area contributed by atoms with Gasteiger partial charge in [-0.1, -0.05) is 13.0 Å². The van der Waals surface area contributed by atoms with Gasteiger partial charge in [-0.2, -0.15) is 0 Å². The Labute approximate surface area is 112 Å². The lowest BCUT2D eigenvalue weighted by Crippen LogP contribution is -2.05. The van der Waals surface area contributed by atoms with Crippen molar-refractivity contribution in [1.82, 2.24) is 4.98 Å². The van der Waals surface area contributed by atoms with E-state index in [0.717, 1.165) is 23.0 Å². The van der Waals surface area contributed by atoms with E-state index in [4.69, 9.17) is 5.11 Å². The number of fused-ring (bicyclic) bond motifs is 1. The van der Waals surface area contributed by atoms with Gasteiger partial charge in [-0.25, -0.2) is 0 Å². The van der Waals surface area contributed by atoms with Crippen LogP contribution in [0.1, 0.15) is 25.3 Å². The first-order valence-electron chi connectivity index (χ1n) is 6.54. The summed E-state index contributed by atoms with van der Waals surface area (Å²) < 4.78 is 0. The third-order valence-electron chi connectivity index (χ3n) is 3.10. The van der Waals surface area contributed by atoms with Crippen LogP contribution < -0.4 is 5.32 Å². The average molecular weight is 258 g/mol. The predicted octanol–water partition coefficient (Wildman–Crippen LogP) is 3.07. The van der Waals surface area contributed by atoms with Crippen molar-refractivity contribution in [2.24, 2.45) is 0 Å². The van der Waals surface area contributed by atoms with Gasteiger partial charge in [0.1, 0.15) is 0 Å². The smallest absolute Gasteiger partial charge is 0.303 e. The van der Waals surface area contributed by atoms with E-state index in [1.165, 1.54) is 5.56 Å². The molecule has 4 heteroatoms. The zero-order valence-corrected chi connectivity index (χ0v) is 11.0. The van der Waals surface area contributed by atoms with Crippen molar-refractivity contribution in [3.63, 3.8) is 0 Å². The molecule has 0 saturated carbocycles. The molecule has 2 rings (SSSR count). The fourth-order valence-corrected chi connectivity index (χ4v) is 2.03. The molecule has 0 fully saturated rings. The van der Waals surface area contributed by atoms with E-state index in [0.29, 0.717) is 13.0 Å². The molecule has 19 heavy (non-hydrogen) atoms. The van der Waals surface area contributed by atoms with Crippen LogP contribution in [0.3, 0.4) is 0 Å². The number of anilines is 1. The van der Waals surface area contributed by atoms with Gasteiger partial charge in [0.05, 0.1) is 5.52 Å². The van der Waals surface area contributed by atoms with Gasteiger partial charge in [-0.05, 0) is 36.6 Å². The highest BCUT2D eigenvalue weighted by Gasteiger charge is 2.03. The molecule has 0 bridgehead atoms. The van der Waals surface area contributed by atoms with Crippen molar-refractivity contribution < 1.29 is 9.90 Å². The molecule has 0 spiro atoms. The number of carboxylic acids is 1. The van der Waals surface area contributed by atoms with Gasteiger partial charge in [-0.3, -0.25) is 9.78 Å². The molecular formula is C15H18N2O2. The molecule has 0 aliphatic carbocycles. The maximum absolute atomic E-state index is 10.5. The van der Waals surface area contributed by atoms with E-state index in [1.807, 2.05) is 12.1 Å². The number of hydrogen-bond acceptors (Lipinski definition) is 3. The average Bonchev–Trinajstić information content (AvgIpc) is 2.43. The van der Waals surface area contributed by atoms with Gasteiger partial charge in [-0.15, -0.1) is 0 Å². The number of nitrogens with one attached hydrogen (secondary N) is 1. The molecule has 0 unspecified atom stereocenters. The first-order chi connectivity index (χ1) is 9.20. The third-order valence-corrected chi connectivity index (χ3v) is 3.10. The lowest BCUT2D eigenvalue weighted by atomic mass is 10.1. The summed E-state index contributed by atoms with van der Waals surface area (Å²) in [5, 5.41) is 13.0. The van der Waals surface area contributed by atoms with Crippen molar-refractivity contribution >= 4 is 22.6 Å². The maximum atomic E-state index is 10.5. The largest absolute Gasteiger partial charge is 0.481 e. The van der Waals surface area contributed by atoms with Crippen molar-refractivity contribution in [2.45, 2.75) is 26.2 Å². The first-order valence-corrected chi connectivity index (χ1v) is 6.54. The molecule has 0 atom stereocenters. The van der Waals surface area contributed by atoms with Crippen molar-refractivity contribution in [3.05, 3.63) is 36.0 Å². The lowest BCUT2D eigenvalue weighted by Gasteiger charge is -2.09. The molecule has 2 N–H and O–H groups in total. The van der Waals surface area contributed by atoms with Crippen LogP contribution in [0.25, 0.3) is 10.9 Å². The molecule has 4 nitrogen and oxygen atoms in total. The summed E-state index contributed by atoms with van der Waals surface area (Å²) in [7, 11) is 0. The molecule has 0 amide bonds. The number of benzene rings is 1. The van der Waals surface area contributed by atoms with Gasteiger partial charge >= 0.3 is 5.97 Å².